The Balaban J connectivity index is 2.38. The van der Waals surface area contributed by atoms with Crippen LogP contribution in [0.25, 0.3) is 0 Å². The fraction of sp³-hybridized carbons (Fsp3) is 0.429. The predicted octanol–water partition coefficient (Wildman–Crippen LogP) is 1.47. The zero-order chi connectivity index (χ0) is 16.6. The van der Waals surface area contributed by atoms with Crippen molar-refractivity contribution < 1.29 is 33.0 Å². The zero-order valence-electron chi connectivity index (χ0n) is 11.9. The fourth-order valence-corrected chi connectivity index (χ4v) is 1.45. The molecular weight excluding hydrogens is 300 g/mol. The molecule has 1 aromatic carbocycles. The average molecular weight is 317 g/mol. The Morgan fingerprint density at radius 2 is 1.91 bits per heavy atom. The van der Waals surface area contributed by atoms with Crippen molar-refractivity contribution >= 4 is 12.1 Å². The van der Waals surface area contributed by atoms with E-state index in [2.05, 4.69) is 4.74 Å². The standard InChI is InChI=1S/C14H17F2NO5/c1-2-21-12(19)14(15,16)11(18)8-17-13(20)22-9-10-6-4-3-5-7-10/h3-7,11,18H,2,8-9H2,1H3,(H,17,20). The Morgan fingerprint density at radius 1 is 1.27 bits per heavy atom. The van der Waals surface area contributed by atoms with E-state index >= 15 is 0 Å². The van der Waals surface area contributed by atoms with Gasteiger partial charge in [-0.2, -0.15) is 8.78 Å². The van der Waals surface area contributed by atoms with E-state index in [1.54, 1.807) is 30.3 Å². The predicted molar refractivity (Wildman–Crippen MR) is 72.2 cm³/mol. The SMILES string of the molecule is CCOC(=O)C(F)(F)C(O)CNC(=O)OCc1ccccc1. The maximum Gasteiger partial charge on any atom is 0.407 e. The monoisotopic (exact) mass is 317 g/mol. The van der Waals surface area contributed by atoms with Gasteiger partial charge in [0, 0.05) is 0 Å². The number of carbonyl (C=O) groups is 2. The van der Waals surface area contributed by atoms with Crippen molar-refractivity contribution in [3.05, 3.63) is 35.9 Å². The quantitative estimate of drug-likeness (QED) is 0.744. The second-order valence-corrected chi connectivity index (χ2v) is 4.30. The van der Waals surface area contributed by atoms with Crippen LogP contribution in [-0.2, 0) is 20.9 Å². The second kappa shape index (κ2) is 8.28. The molecule has 6 nitrogen and oxygen atoms in total. The lowest BCUT2D eigenvalue weighted by molar-refractivity contribution is -0.187. The number of amides is 1. The lowest BCUT2D eigenvalue weighted by Crippen LogP contribution is -2.48. The Bertz CT molecular complexity index is 495. The Labute approximate surface area is 126 Å². The minimum atomic E-state index is -4.11. The molecule has 0 aliphatic rings. The van der Waals surface area contributed by atoms with E-state index in [4.69, 9.17) is 4.74 Å². The minimum Gasteiger partial charge on any atom is -0.461 e. The third-order valence-electron chi connectivity index (χ3n) is 2.62. The van der Waals surface area contributed by atoms with Crippen molar-refractivity contribution in [2.45, 2.75) is 25.6 Å². The average Bonchev–Trinajstić information content (AvgIpc) is 2.51. The first kappa shape index (κ1) is 17.8. The van der Waals surface area contributed by atoms with Gasteiger partial charge in [0.2, 0.25) is 0 Å². The van der Waals surface area contributed by atoms with Crippen LogP contribution in [0.1, 0.15) is 12.5 Å². The van der Waals surface area contributed by atoms with Crippen molar-refractivity contribution in [3.63, 3.8) is 0 Å². The lowest BCUT2D eigenvalue weighted by Gasteiger charge is -2.20. The summed E-state index contributed by atoms with van der Waals surface area (Å²) in [6.07, 6.45) is -3.39. The van der Waals surface area contributed by atoms with E-state index in [9.17, 15) is 23.5 Å². The van der Waals surface area contributed by atoms with E-state index in [1.165, 1.54) is 6.92 Å². The summed E-state index contributed by atoms with van der Waals surface area (Å²) in [6, 6.07) is 8.73. The maximum atomic E-state index is 13.4. The summed E-state index contributed by atoms with van der Waals surface area (Å²) < 4.78 is 35.7. The number of rotatable bonds is 7. The summed E-state index contributed by atoms with van der Waals surface area (Å²) in [5.74, 6) is -5.95. The number of esters is 1. The van der Waals surface area contributed by atoms with Crippen LogP contribution in [0.3, 0.4) is 0 Å². The fourth-order valence-electron chi connectivity index (χ4n) is 1.45. The van der Waals surface area contributed by atoms with Gasteiger partial charge in [-0.05, 0) is 12.5 Å². The molecule has 0 fully saturated rings. The van der Waals surface area contributed by atoms with Crippen molar-refractivity contribution in [2.75, 3.05) is 13.2 Å². The molecule has 0 bridgehead atoms. The van der Waals surface area contributed by atoms with Crippen LogP contribution >= 0.6 is 0 Å². The highest BCUT2D eigenvalue weighted by Crippen LogP contribution is 2.20. The van der Waals surface area contributed by atoms with Crippen molar-refractivity contribution in [3.8, 4) is 0 Å². The van der Waals surface area contributed by atoms with Gasteiger partial charge >= 0.3 is 18.0 Å². The summed E-state index contributed by atoms with van der Waals surface area (Å²) in [5.41, 5.74) is 0.718. The number of benzene rings is 1. The van der Waals surface area contributed by atoms with Crippen LogP contribution < -0.4 is 5.32 Å². The van der Waals surface area contributed by atoms with E-state index in [1.807, 2.05) is 5.32 Å². The largest absolute Gasteiger partial charge is 0.461 e. The summed E-state index contributed by atoms with van der Waals surface area (Å²) in [4.78, 5) is 22.3. The molecule has 1 amide bonds. The summed E-state index contributed by atoms with van der Waals surface area (Å²) in [7, 11) is 0. The number of alkyl halides is 2. The van der Waals surface area contributed by atoms with Crippen molar-refractivity contribution in [2.24, 2.45) is 0 Å². The van der Waals surface area contributed by atoms with Gasteiger partial charge in [-0.15, -0.1) is 0 Å². The first-order chi connectivity index (χ1) is 10.4. The number of nitrogens with one attached hydrogen (secondary N) is 1. The highest BCUT2D eigenvalue weighted by molar-refractivity contribution is 5.78. The van der Waals surface area contributed by atoms with Crippen LogP contribution in [0.15, 0.2) is 30.3 Å². The number of alkyl carbamates (subject to hydrolysis) is 1. The summed E-state index contributed by atoms with van der Waals surface area (Å²) in [6.45, 7) is 0.226. The number of aliphatic hydroxyl groups excluding tert-OH is 1. The van der Waals surface area contributed by atoms with E-state index in [0.29, 0.717) is 0 Å². The minimum absolute atomic E-state index is 0.0446. The van der Waals surface area contributed by atoms with Gasteiger partial charge in [0.15, 0.2) is 0 Å². The van der Waals surface area contributed by atoms with Crippen LogP contribution in [0.2, 0.25) is 0 Å². The van der Waals surface area contributed by atoms with Crippen LogP contribution in [0.4, 0.5) is 13.6 Å². The maximum absolute atomic E-state index is 13.4. The van der Waals surface area contributed by atoms with Gasteiger partial charge < -0.3 is 19.9 Å². The molecule has 0 saturated carbocycles. The number of carbonyl (C=O) groups excluding carboxylic acids is 2. The molecular formula is C14H17F2NO5. The van der Waals surface area contributed by atoms with Crippen LogP contribution in [-0.4, -0.2) is 42.3 Å². The molecule has 122 valence electrons. The first-order valence-corrected chi connectivity index (χ1v) is 6.55. The molecule has 0 spiro atoms. The Hall–Kier alpha value is -2.22. The molecule has 1 aromatic rings. The smallest absolute Gasteiger partial charge is 0.407 e. The first-order valence-electron chi connectivity index (χ1n) is 6.55. The third kappa shape index (κ3) is 5.28. The molecule has 0 aliphatic carbocycles. The number of halogens is 2. The molecule has 2 N–H and O–H groups in total. The normalized spacial score (nSPS) is 12.4. The summed E-state index contributed by atoms with van der Waals surface area (Å²) in [5, 5.41) is 11.2. The molecule has 0 heterocycles. The Kier molecular flexibility index (Phi) is 6.71. The molecule has 0 radical (unpaired) electrons. The summed E-state index contributed by atoms with van der Waals surface area (Å²) >= 11 is 0. The molecule has 1 atom stereocenters. The molecule has 8 heteroatoms. The van der Waals surface area contributed by atoms with E-state index in [0.717, 1.165) is 5.56 Å². The van der Waals surface area contributed by atoms with Gasteiger partial charge in [0.05, 0.1) is 13.2 Å². The number of hydrogen-bond acceptors (Lipinski definition) is 5. The topological polar surface area (TPSA) is 84.9 Å². The third-order valence-corrected chi connectivity index (χ3v) is 2.62. The highest BCUT2D eigenvalue weighted by Gasteiger charge is 2.48. The molecule has 1 rings (SSSR count). The van der Waals surface area contributed by atoms with Gasteiger partial charge in [-0.25, -0.2) is 9.59 Å². The van der Waals surface area contributed by atoms with Crippen LogP contribution in [0.5, 0.6) is 0 Å². The molecule has 0 aliphatic heterocycles. The molecule has 0 aromatic heterocycles. The zero-order valence-corrected chi connectivity index (χ0v) is 11.9. The van der Waals surface area contributed by atoms with Crippen molar-refractivity contribution in [1.82, 2.24) is 5.32 Å². The van der Waals surface area contributed by atoms with Gasteiger partial charge in [-0.1, -0.05) is 30.3 Å². The highest BCUT2D eigenvalue weighted by atomic mass is 19.3. The van der Waals surface area contributed by atoms with Gasteiger partial charge in [0.25, 0.3) is 0 Å². The Morgan fingerprint density at radius 3 is 2.50 bits per heavy atom. The van der Waals surface area contributed by atoms with Crippen molar-refractivity contribution in [1.29, 1.82) is 0 Å². The molecule has 1 unspecified atom stereocenters. The van der Waals surface area contributed by atoms with Gasteiger partial charge in [-0.3, -0.25) is 0 Å². The lowest BCUT2D eigenvalue weighted by atomic mass is 10.2. The van der Waals surface area contributed by atoms with Gasteiger partial charge in [0.1, 0.15) is 12.7 Å². The molecule has 0 saturated heterocycles. The van der Waals surface area contributed by atoms with E-state index in [-0.39, 0.29) is 13.2 Å². The second-order valence-electron chi connectivity index (χ2n) is 4.30. The van der Waals surface area contributed by atoms with E-state index < -0.39 is 30.6 Å². The number of aliphatic hydroxyl groups is 1. The molecule has 22 heavy (non-hydrogen) atoms. The number of hydrogen-bond donors (Lipinski definition) is 2. The van der Waals surface area contributed by atoms with Crippen LogP contribution in [0, 0.1) is 0 Å². The number of ether oxygens (including phenoxy) is 2.